The molecule has 0 amide bonds. The minimum atomic E-state index is -0.355. The highest BCUT2D eigenvalue weighted by Crippen LogP contribution is 2.41. The molecule has 2 aromatic rings. The van der Waals surface area contributed by atoms with Crippen LogP contribution >= 0.6 is 22.7 Å². The lowest BCUT2D eigenvalue weighted by Crippen LogP contribution is -2.43. The number of carbonyl (C=O) groups excluding carboxylic acids is 1. The van der Waals surface area contributed by atoms with Gasteiger partial charge in [-0.05, 0) is 18.5 Å². The summed E-state index contributed by atoms with van der Waals surface area (Å²) in [6.45, 7) is 5.03. The van der Waals surface area contributed by atoms with Crippen LogP contribution in [0, 0.1) is 0 Å². The maximum atomic E-state index is 12.2. The predicted octanol–water partition coefficient (Wildman–Crippen LogP) is 2.59. The van der Waals surface area contributed by atoms with Crippen molar-refractivity contribution in [3.05, 3.63) is 28.0 Å². The van der Waals surface area contributed by atoms with E-state index in [9.17, 15) is 4.79 Å². The van der Waals surface area contributed by atoms with Crippen LogP contribution in [0.2, 0.25) is 0 Å². The second kappa shape index (κ2) is 7.00. The fraction of sp³-hybridized carbons (Fsp3) is 0.438. The van der Waals surface area contributed by atoms with E-state index in [1.54, 1.807) is 11.3 Å². The van der Waals surface area contributed by atoms with Gasteiger partial charge in [0.05, 0.1) is 7.11 Å². The first-order chi connectivity index (χ1) is 11.1. The van der Waals surface area contributed by atoms with Crippen LogP contribution in [0.4, 0.5) is 5.00 Å². The largest absolute Gasteiger partial charge is 0.465 e. The van der Waals surface area contributed by atoms with Gasteiger partial charge < -0.3 is 15.4 Å². The highest BCUT2D eigenvalue weighted by Gasteiger charge is 2.26. The Morgan fingerprint density at radius 3 is 2.70 bits per heavy atom. The van der Waals surface area contributed by atoms with Crippen LogP contribution in [0.5, 0.6) is 0 Å². The number of hydrogen-bond acceptors (Lipinski definition) is 7. The SMILES string of the molecule is COC(=O)c1c(N)sc(CN2CCN(C)CC2)c1-c1cccs1. The molecule has 2 N–H and O–H groups in total. The Hall–Kier alpha value is -1.41. The molecule has 5 nitrogen and oxygen atoms in total. The molecule has 2 aromatic heterocycles. The van der Waals surface area contributed by atoms with E-state index in [1.807, 2.05) is 17.5 Å². The van der Waals surface area contributed by atoms with Gasteiger partial charge in [0.1, 0.15) is 10.6 Å². The summed E-state index contributed by atoms with van der Waals surface area (Å²) in [5.41, 5.74) is 7.62. The van der Waals surface area contributed by atoms with Gasteiger partial charge in [-0.15, -0.1) is 22.7 Å². The van der Waals surface area contributed by atoms with E-state index in [1.165, 1.54) is 18.4 Å². The number of esters is 1. The minimum Gasteiger partial charge on any atom is -0.465 e. The summed E-state index contributed by atoms with van der Waals surface area (Å²) in [5.74, 6) is -0.355. The van der Waals surface area contributed by atoms with E-state index in [4.69, 9.17) is 10.5 Å². The summed E-state index contributed by atoms with van der Waals surface area (Å²) >= 11 is 3.13. The Labute approximate surface area is 144 Å². The van der Waals surface area contributed by atoms with Crippen molar-refractivity contribution in [1.29, 1.82) is 0 Å². The van der Waals surface area contributed by atoms with Crippen molar-refractivity contribution in [3.8, 4) is 10.4 Å². The molecule has 0 spiro atoms. The highest BCUT2D eigenvalue weighted by atomic mass is 32.1. The number of nitrogens with two attached hydrogens (primary N) is 1. The summed E-state index contributed by atoms with van der Waals surface area (Å²) in [6, 6.07) is 4.03. The maximum Gasteiger partial charge on any atom is 0.341 e. The molecule has 0 unspecified atom stereocenters. The smallest absolute Gasteiger partial charge is 0.341 e. The van der Waals surface area contributed by atoms with Gasteiger partial charge in [-0.2, -0.15) is 0 Å². The molecule has 0 aromatic carbocycles. The van der Waals surface area contributed by atoms with Crippen molar-refractivity contribution in [3.63, 3.8) is 0 Å². The first-order valence-electron chi connectivity index (χ1n) is 7.54. The standard InChI is InChI=1S/C16H21N3O2S2/c1-18-5-7-19(8-6-18)10-12-13(11-4-3-9-22-11)14(15(17)23-12)16(20)21-2/h3-4,9H,5-8,10,17H2,1-2H3. The first-order valence-corrected chi connectivity index (χ1v) is 9.24. The normalized spacial score (nSPS) is 16.6. The van der Waals surface area contributed by atoms with E-state index in [-0.39, 0.29) is 5.97 Å². The van der Waals surface area contributed by atoms with Gasteiger partial charge >= 0.3 is 5.97 Å². The van der Waals surface area contributed by atoms with E-state index >= 15 is 0 Å². The molecule has 0 saturated carbocycles. The molecule has 7 heteroatoms. The number of hydrogen-bond donors (Lipinski definition) is 1. The summed E-state index contributed by atoms with van der Waals surface area (Å²) in [6.07, 6.45) is 0. The average Bonchev–Trinajstić information content (AvgIpc) is 3.16. The Morgan fingerprint density at radius 2 is 2.09 bits per heavy atom. The fourth-order valence-electron chi connectivity index (χ4n) is 2.80. The Morgan fingerprint density at radius 1 is 1.35 bits per heavy atom. The summed E-state index contributed by atoms with van der Waals surface area (Å²) in [5, 5.41) is 2.56. The predicted molar refractivity (Wildman–Crippen MR) is 96.2 cm³/mol. The maximum absolute atomic E-state index is 12.2. The van der Waals surface area contributed by atoms with E-state index in [0.717, 1.165) is 48.0 Å². The van der Waals surface area contributed by atoms with Gasteiger partial charge in [-0.3, -0.25) is 4.90 Å². The Balaban J connectivity index is 1.95. The van der Waals surface area contributed by atoms with Crippen LogP contribution < -0.4 is 5.73 Å². The van der Waals surface area contributed by atoms with Crippen molar-refractivity contribution < 1.29 is 9.53 Å². The monoisotopic (exact) mass is 351 g/mol. The molecular weight excluding hydrogens is 330 g/mol. The first kappa shape index (κ1) is 16.4. The molecule has 23 heavy (non-hydrogen) atoms. The Kier molecular flexibility index (Phi) is 5.01. The Bertz CT molecular complexity index is 674. The molecule has 1 fully saturated rings. The third-order valence-corrected chi connectivity index (χ3v) is 6.02. The summed E-state index contributed by atoms with van der Waals surface area (Å²) < 4.78 is 4.95. The van der Waals surface area contributed by atoms with Gasteiger partial charge in [-0.1, -0.05) is 6.07 Å². The molecule has 3 rings (SSSR count). The average molecular weight is 351 g/mol. The zero-order chi connectivity index (χ0) is 16.4. The molecule has 3 heterocycles. The number of likely N-dealkylation sites (N-methyl/N-ethyl adjacent to an activating group) is 1. The topological polar surface area (TPSA) is 58.8 Å². The van der Waals surface area contributed by atoms with Crippen LogP contribution in [-0.2, 0) is 11.3 Å². The summed E-state index contributed by atoms with van der Waals surface area (Å²) in [7, 11) is 3.55. The number of thiophene rings is 2. The third-order valence-electron chi connectivity index (χ3n) is 4.13. The lowest BCUT2D eigenvalue weighted by Gasteiger charge is -2.32. The number of nitrogen functional groups attached to an aromatic ring is 1. The van der Waals surface area contributed by atoms with Gasteiger partial charge in [-0.25, -0.2) is 4.79 Å². The van der Waals surface area contributed by atoms with Gasteiger partial charge in [0.2, 0.25) is 0 Å². The second-order valence-electron chi connectivity index (χ2n) is 5.69. The third kappa shape index (κ3) is 3.42. The van der Waals surface area contributed by atoms with Gasteiger partial charge in [0.15, 0.2) is 0 Å². The van der Waals surface area contributed by atoms with E-state index in [2.05, 4.69) is 16.8 Å². The fourth-order valence-corrected chi connectivity index (χ4v) is 4.79. The van der Waals surface area contributed by atoms with Crippen molar-refractivity contribution >= 4 is 33.6 Å². The number of carbonyl (C=O) groups is 1. The zero-order valence-corrected chi connectivity index (χ0v) is 15.0. The molecule has 1 aliphatic rings. The van der Waals surface area contributed by atoms with Crippen molar-refractivity contribution in [2.24, 2.45) is 0 Å². The second-order valence-corrected chi connectivity index (χ2v) is 7.77. The van der Waals surface area contributed by atoms with Crippen molar-refractivity contribution in [1.82, 2.24) is 9.80 Å². The number of nitrogens with zero attached hydrogens (tertiary/aromatic N) is 2. The van der Waals surface area contributed by atoms with Crippen LogP contribution in [-0.4, -0.2) is 56.1 Å². The van der Waals surface area contributed by atoms with Crippen molar-refractivity contribution in [2.45, 2.75) is 6.54 Å². The van der Waals surface area contributed by atoms with Crippen LogP contribution in [0.3, 0.4) is 0 Å². The van der Waals surface area contributed by atoms with Crippen LogP contribution in [0.15, 0.2) is 17.5 Å². The molecule has 0 radical (unpaired) electrons. The van der Waals surface area contributed by atoms with E-state index < -0.39 is 0 Å². The lowest BCUT2D eigenvalue weighted by atomic mass is 10.1. The lowest BCUT2D eigenvalue weighted by molar-refractivity contribution is 0.0603. The number of rotatable bonds is 4. The van der Waals surface area contributed by atoms with Crippen molar-refractivity contribution in [2.75, 3.05) is 46.1 Å². The molecule has 0 atom stereocenters. The molecule has 1 saturated heterocycles. The van der Waals surface area contributed by atoms with E-state index in [0.29, 0.717) is 10.6 Å². The minimum absolute atomic E-state index is 0.355. The van der Waals surface area contributed by atoms with Crippen LogP contribution in [0.1, 0.15) is 15.2 Å². The molecular formula is C16H21N3O2S2. The molecule has 1 aliphatic heterocycles. The number of anilines is 1. The molecule has 124 valence electrons. The number of methoxy groups -OCH3 is 1. The molecule has 0 bridgehead atoms. The number of piperazine rings is 1. The molecule has 0 aliphatic carbocycles. The quantitative estimate of drug-likeness (QED) is 0.858. The summed E-state index contributed by atoms with van der Waals surface area (Å²) in [4.78, 5) is 19.2. The zero-order valence-electron chi connectivity index (χ0n) is 13.4. The number of ether oxygens (including phenoxy) is 1. The van der Waals surface area contributed by atoms with Gasteiger partial charge in [0, 0.05) is 48.0 Å². The highest BCUT2D eigenvalue weighted by molar-refractivity contribution is 7.18. The van der Waals surface area contributed by atoms with Crippen LogP contribution in [0.25, 0.3) is 10.4 Å². The van der Waals surface area contributed by atoms with Gasteiger partial charge in [0.25, 0.3) is 0 Å².